The first-order valence-electron chi connectivity index (χ1n) is 5.18. The van der Waals surface area contributed by atoms with E-state index in [-0.39, 0.29) is 17.1 Å². The number of hydrogen-bond acceptors (Lipinski definition) is 2. The smallest absolute Gasteiger partial charge is 0.153 e. The number of aldehydes is 1. The number of phenols is 1. The summed E-state index contributed by atoms with van der Waals surface area (Å²) in [7, 11) is 0. The molecule has 0 amide bonds. The number of rotatable bonds is 2. The summed E-state index contributed by atoms with van der Waals surface area (Å²) in [5.41, 5.74) is 1.70. The molecule has 0 radical (unpaired) electrons. The normalized spacial score (nSPS) is 10.2. The van der Waals surface area contributed by atoms with E-state index in [0.29, 0.717) is 23.0 Å². The van der Waals surface area contributed by atoms with Crippen LogP contribution < -0.4 is 0 Å². The van der Waals surface area contributed by atoms with Crippen LogP contribution in [0.3, 0.4) is 0 Å². The fourth-order valence-electron chi connectivity index (χ4n) is 1.77. The van der Waals surface area contributed by atoms with Crippen molar-refractivity contribution in [3.63, 3.8) is 0 Å². The van der Waals surface area contributed by atoms with Crippen LogP contribution in [0.4, 0.5) is 4.39 Å². The van der Waals surface area contributed by atoms with Crippen LogP contribution in [0.15, 0.2) is 36.4 Å². The van der Waals surface area contributed by atoms with Crippen LogP contribution in [-0.4, -0.2) is 11.4 Å². The van der Waals surface area contributed by atoms with E-state index in [4.69, 9.17) is 0 Å². The zero-order chi connectivity index (χ0) is 12.4. The Morgan fingerprint density at radius 3 is 2.47 bits per heavy atom. The van der Waals surface area contributed by atoms with Gasteiger partial charge in [-0.25, -0.2) is 4.39 Å². The van der Waals surface area contributed by atoms with E-state index in [1.165, 1.54) is 12.1 Å². The Bertz CT molecular complexity index is 576. The molecule has 0 saturated carbocycles. The van der Waals surface area contributed by atoms with Crippen molar-refractivity contribution in [3.05, 3.63) is 53.3 Å². The van der Waals surface area contributed by atoms with Crippen molar-refractivity contribution >= 4 is 6.29 Å². The van der Waals surface area contributed by atoms with E-state index in [1.807, 2.05) is 0 Å². The standard InChI is InChI=1S/C14H11FO2/c1-9-11(5-3-7-13(9)15)12-6-2-4-10(8-16)14(12)17/h2-8,17H,1H3. The molecular weight excluding hydrogens is 219 g/mol. The van der Waals surface area contributed by atoms with Gasteiger partial charge in [0.05, 0.1) is 5.56 Å². The van der Waals surface area contributed by atoms with Crippen LogP contribution in [0.2, 0.25) is 0 Å². The lowest BCUT2D eigenvalue weighted by Crippen LogP contribution is -1.90. The van der Waals surface area contributed by atoms with E-state index in [2.05, 4.69) is 0 Å². The van der Waals surface area contributed by atoms with Gasteiger partial charge in [-0.1, -0.05) is 24.3 Å². The molecule has 0 unspecified atom stereocenters. The van der Waals surface area contributed by atoms with Crippen LogP contribution >= 0.6 is 0 Å². The summed E-state index contributed by atoms with van der Waals surface area (Å²) in [5, 5.41) is 9.90. The van der Waals surface area contributed by atoms with E-state index >= 15 is 0 Å². The first kappa shape index (κ1) is 11.3. The van der Waals surface area contributed by atoms with Gasteiger partial charge in [-0.05, 0) is 30.2 Å². The summed E-state index contributed by atoms with van der Waals surface area (Å²) in [4.78, 5) is 10.7. The van der Waals surface area contributed by atoms with E-state index in [1.54, 1.807) is 31.2 Å². The van der Waals surface area contributed by atoms with Crippen molar-refractivity contribution in [2.45, 2.75) is 6.92 Å². The van der Waals surface area contributed by atoms with Crippen LogP contribution in [0, 0.1) is 12.7 Å². The van der Waals surface area contributed by atoms with Crippen molar-refractivity contribution in [2.75, 3.05) is 0 Å². The molecule has 0 aliphatic carbocycles. The van der Waals surface area contributed by atoms with Crippen LogP contribution in [0.5, 0.6) is 5.75 Å². The Hall–Kier alpha value is -2.16. The van der Waals surface area contributed by atoms with Crippen molar-refractivity contribution in [3.8, 4) is 16.9 Å². The number of halogens is 1. The second kappa shape index (κ2) is 4.37. The largest absolute Gasteiger partial charge is 0.507 e. The predicted molar refractivity (Wildman–Crippen MR) is 63.6 cm³/mol. The number of benzene rings is 2. The Morgan fingerprint density at radius 1 is 1.12 bits per heavy atom. The van der Waals surface area contributed by atoms with Crippen molar-refractivity contribution < 1.29 is 14.3 Å². The first-order valence-corrected chi connectivity index (χ1v) is 5.18. The molecule has 86 valence electrons. The molecule has 2 aromatic carbocycles. The highest BCUT2D eigenvalue weighted by Gasteiger charge is 2.12. The Labute approximate surface area is 98.3 Å². The van der Waals surface area contributed by atoms with Crippen molar-refractivity contribution in [2.24, 2.45) is 0 Å². The van der Waals surface area contributed by atoms with Gasteiger partial charge in [0.2, 0.25) is 0 Å². The number of aromatic hydroxyl groups is 1. The summed E-state index contributed by atoms with van der Waals surface area (Å²) < 4.78 is 13.4. The highest BCUT2D eigenvalue weighted by atomic mass is 19.1. The van der Waals surface area contributed by atoms with Crippen LogP contribution in [0.1, 0.15) is 15.9 Å². The molecular formula is C14H11FO2. The van der Waals surface area contributed by atoms with Crippen LogP contribution in [0.25, 0.3) is 11.1 Å². The fourth-order valence-corrected chi connectivity index (χ4v) is 1.77. The van der Waals surface area contributed by atoms with Gasteiger partial charge in [0.25, 0.3) is 0 Å². The summed E-state index contributed by atoms with van der Waals surface area (Å²) in [5.74, 6) is -0.449. The molecule has 3 heteroatoms. The maximum absolute atomic E-state index is 13.4. The minimum Gasteiger partial charge on any atom is -0.507 e. The summed E-state index contributed by atoms with van der Waals surface area (Å²) in [6.07, 6.45) is 0.577. The summed E-state index contributed by atoms with van der Waals surface area (Å²) in [6.45, 7) is 1.64. The van der Waals surface area contributed by atoms with Crippen LogP contribution in [-0.2, 0) is 0 Å². The zero-order valence-electron chi connectivity index (χ0n) is 9.27. The van der Waals surface area contributed by atoms with E-state index in [9.17, 15) is 14.3 Å². The molecule has 0 heterocycles. The second-order valence-corrected chi connectivity index (χ2v) is 3.77. The van der Waals surface area contributed by atoms with Gasteiger partial charge in [-0.2, -0.15) is 0 Å². The molecule has 0 saturated heterocycles. The molecule has 17 heavy (non-hydrogen) atoms. The lowest BCUT2D eigenvalue weighted by molar-refractivity contribution is 0.112. The minimum absolute atomic E-state index is 0.115. The van der Waals surface area contributed by atoms with E-state index in [0.717, 1.165) is 0 Å². The van der Waals surface area contributed by atoms with Gasteiger partial charge in [0, 0.05) is 5.56 Å². The van der Waals surface area contributed by atoms with E-state index < -0.39 is 0 Å². The fraction of sp³-hybridized carbons (Fsp3) is 0.0714. The molecule has 0 spiro atoms. The molecule has 0 aliphatic heterocycles. The lowest BCUT2D eigenvalue weighted by Gasteiger charge is -2.09. The highest BCUT2D eigenvalue weighted by molar-refractivity contribution is 5.86. The predicted octanol–water partition coefficient (Wildman–Crippen LogP) is 3.32. The monoisotopic (exact) mass is 230 g/mol. The van der Waals surface area contributed by atoms with Gasteiger partial charge in [-0.15, -0.1) is 0 Å². The van der Waals surface area contributed by atoms with Gasteiger partial charge in [0.1, 0.15) is 11.6 Å². The Kier molecular flexibility index (Phi) is 2.91. The zero-order valence-corrected chi connectivity index (χ0v) is 9.27. The van der Waals surface area contributed by atoms with Crippen molar-refractivity contribution in [1.82, 2.24) is 0 Å². The van der Waals surface area contributed by atoms with Gasteiger partial charge in [0.15, 0.2) is 6.29 Å². The molecule has 0 fully saturated rings. The quantitative estimate of drug-likeness (QED) is 0.803. The second-order valence-electron chi connectivity index (χ2n) is 3.77. The minimum atomic E-state index is -0.335. The van der Waals surface area contributed by atoms with Gasteiger partial charge in [-0.3, -0.25) is 4.79 Å². The molecule has 0 aliphatic rings. The Balaban J connectivity index is 2.69. The lowest BCUT2D eigenvalue weighted by atomic mass is 9.97. The maximum atomic E-state index is 13.4. The third-order valence-electron chi connectivity index (χ3n) is 2.75. The maximum Gasteiger partial charge on any atom is 0.153 e. The number of hydrogen-bond donors (Lipinski definition) is 1. The molecule has 2 rings (SSSR count). The molecule has 0 atom stereocenters. The highest BCUT2D eigenvalue weighted by Crippen LogP contribution is 2.33. The topological polar surface area (TPSA) is 37.3 Å². The molecule has 2 aromatic rings. The molecule has 1 N–H and O–H groups in total. The SMILES string of the molecule is Cc1c(F)cccc1-c1cccc(C=O)c1O. The number of para-hydroxylation sites is 1. The number of phenolic OH excluding ortho intramolecular Hbond substituents is 1. The molecule has 0 aromatic heterocycles. The third-order valence-corrected chi connectivity index (χ3v) is 2.75. The molecule has 0 bridgehead atoms. The third kappa shape index (κ3) is 1.91. The average Bonchev–Trinajstić information content (AvgIpc) is 2.33. The Morgan fingerprint density at radius 2 is 1.76 bits per heavy atom. The average molecular weight is 230 g/mol. The summed E-state index contributed by atoms with van der Waals surface area (Å²) >= 11 is 0. The summed E-state index contributed by atoms with van der Waals surface area (Å²) in [6, 6.07) is 9.47. The number of carbonyl (C=O) groups excluding carboxylic acids is 1. The van der Waals surface area contributed by atoms with Gasteiger partial charge >= 0.3 is 0 Å². The first-order chi connectivity index (χ1) is 8.15. The van der Waals surface area contributed by atoms with Crippen molar-refractivity contribution in [1.29, 1.82) is 0 Å². The molecule has 2 nitrogen and oxygen atoms in total. The number of carbonyl (C=O) groups is 1. The van der Waals surface area contributed by atoms with Gasteiger partial charge < -0.3 is 5.11 Å².